The number of hydrogen-bond donors (Lipinski definition) is 3. The Morgan fingerprint density at radius 3 is 2.35 bits per heavy atom. The average molecular weight is 376 g/mol. The van der Waals surface area contributed by atoms with E-state index >= 15 is 0 Å². The Labute approximate surface area is 154 Å². The molecule has 6 nitrogen and oxygen atoms in total. The molecule has 0 fully saturated rings. The predicted molar refractivity (Wildman–Crippen MR) is 99.9 cm³/mol. The number of sulfonamides is 1. The summed E-state index contributed by atoms with van der Waals surface area (Å²) in [5.74, 6) is -0.193. The fraction of sp³-hybridized carbons (Fsp3) is 0.316. The lowest BCUT2D eigenvalue weighted by atomic mass is 10.1. The number of aliphatic hydroxyl groups is 1. The van der Waals surface area contributed by atoms with Crippen molar-refractivity contribution in [2.75, 3.05) is 6.61 Å². The van der Waals surface area contributed by atoms with Gasteiger partial charge in [0.1, 0.15) is 0 Å². The highest BCUT2D eigenvalue weighted by Crippen LogP contribution is 2.11. The highest BCUT2D eigenvalue weighted by molar-refractivity contribution is 7.89. The first-order chi connectivity index (χ1) is 12.4. The number of rotatable bonds is 9. The maximum Gasteiger partial charge on any atom is 0.240 e. The zero-order chi connectivity index (χ0) is 19.0. The number of nitrogens with one attached hydrogen (secondary N) is 2. The fourth-order valence-corrected chi connectivity index (χ4v) is 3.64. The quantitative estimate of drug-likeness (QED) is 0.621. The third kappa shape index (κ3) is 6.25. The van der Waals surface area contributed by atoms with E-state index in [2.05, 4.69) is 10.0 Å². The molecular weight excluding hydrogens is 352 g/mol. The second-order valence-corrected chi connectivity index (χ2v) is 7.83. The van der Waals surface area contributed by atoms with E-state index in [1.807, 2.05) is 37.3 Å². The summed E-state index contributed by atoms with van der Waals surface area (Å²) in [5.41, 5.74) is 1.94. The first-order valence-corrected chi connectivity index (χ1v) is 9.89. The van der Waals surface area contributed by atoms with Gasteiger partial charge in [-0.15, -0.1) is 0 Å². The lowest BCUT2D eigenvalue weighted by Crippen LogP contribution is -2.38. The van der Waals surface area contributed by atoms with Gasteiger partial charge in [-0.05, 0) is 31.0 Å². The van der Waals surface area contributed by atoms with Gasteiger partial charge in [0.05, 0.1) is 11.5 Å². The van der Waals surface area contributed by atoms with Crippen LogP contribution < -0.4 is 10.0 Å². The molecule has 3 N–H and O–H groups in total. The fourth-order valence-electron chi connectivity index (χ4n) is 2.38. The van der Waals surface area contributed by atoms with Crippen LogP contribution in [0, 0.1) is 6.92 Å². The van der Waals surface area contributed by atoms with E-state index in [-0.39, 0.29) is 30.3 Å². The van der Waals surface area contributed by atoms with Crippen LogP contribution in [0.5, 0.6) is 0 Å². The summed E-state index contributed by atoms with van der Waals surface area (Å²) < 4.78 is 27.1. The van der Waals surface area contributed by atoms with Crippen molar-refractivity contribution in [2.45, 2.75) is 37.2 Å². The zero-order valence-electron chi connectivity index (χ0n) is 14.7. The summed E-state index contributed by atoms with van der Waals surface area (Å²) >= 11 is 0. The highest BCUT2D eigenvalue weighted by atomic mass is 32.2. The molecule has 2 aromatic rings. The molecule has 0 heterocycles. The van der Waals surface area contributed by atoms with Crippen molar-refractivity contribution >= 4 is 15.9 Å². The van der Waals surface area contributed by atoms with Gasteiger partial charge < -0.3 is 10.4 Å². The summed E-state index contributed by atoms with van der Waals surface area (Å²) in [6, 6.07) is 15.2. The van der Waals surface area contributed by atoms with E-state index in [1.54, 1.807) is 12.1 Å². The molecule has 0 saturated carbocycles. The van der Waals surface area contributed by atoms with Gasteiger partial charge in [0, 0.05) is 19.0 Å². The van der Waals surface area contributed by atoms with Gasteiger partial charge >= 0.3 is 0 Å². The van der Waals surface area contributed by atoms with E-state index in [0.29, 0.717) is 6.54 Å². The van der Waals surface area contributed by atoms with Gasteiger partial charge in [-0.3, -0.25) is 4.79 Å². The minimum Gasteiger partial charge on any atom is -0.395 e. The molecule has 2 aromatic carbocycles. The van der Waals surface area contributed by atoms with E-state index in [4.69, 9.17) is 0 Å². The minimum atomic E-state index is -3.73. The molecule has 0 aliphatic heterocycles. The van der Waals surface area contributed by atoms with Crippen LogP contribution in [0.1, 0.15) is 24.0 Å². The lowest BCUT2D eigenvalue weighted by molar-refractivity contribution is -0.121. The Balaban J connectivity index is 1.84. The number of benzene rings is 2. The maximum absolute atomic E-state index is 12.3. The molecule has 0 aromatic heterocycles. The van der Waals surface area contributed by atoms with E-state index < -0.39 is 16.1 Å². The van der Waals surface area contributed by atoms with Crippen LogP contribution in [0.2, 0.25) is 0 Å². The third-order valence-corrected chi connectivity index (χ3v) is 5.46. The van der Waals surface area contributed by atoms with Crippen LogP contribution in [0.4, 0.5) is 0 Å². The second-order valence-electron chi connectivity index (χ2n) is 6.11. The SMILES string of the molecule is Cc1ccc(S(=O)(=O)N[C@H](CO)CCC(=O)NCc2ccccc2)cc1. The first-order valence-electron chi connectivity index (χ1n) is 8.41. The van der Waals surface area contributed by atoms with Crippen molar-refractivity contribution in [1.82, 2.24) is 10.0 Å². The molecule has 2 rings (SSSR count). The number of carbonyl (C=O) groups is 1. The van der Waals surface area contributed by atoms with Crippen molar-refractivity contribution < 1.29 is 18.3 Å². The maximum atomic E-state index is 12.3. The van der Waals surface area contributed by atoms with Crippen molar-refractivity contribution in [3.8, 4) is 0 Å². The number of aryl methyl sites for hydroxylation is 1. The Morgan fingerprint density at radius 1 is 1.08 bits per heavy atom. The zero-order valence-corrected chi connectivity index (χ0v) is 15.5. The van der Waals surface area contributed by atoms with Gasteiger partial charge in [-0.2, -0.15) is 0 Å². The second kappa shape index (κ2) is 9.47. The molecule has 0 bridgehead atoms. The van der Waals surface area contributed by atoms with Crippen LogP contribution in [0.25, 0.3) is 0 Å². The Hall–Kier alpha value is -2.22. The Morgan fingerprint density at radius 2 is 1.73 bits per heavy atom. The first kappa shape index (κ1) is 20.1. The monoisotopic (exact) mass is 376 g/mol. The molecule has 0 aliphatic carbocycles. The average Bonchev–Trinajstić information content (AvgIpc) is 2.64. The Kier molecular flexibility index (Phi) is 7.32. The van der Waals surface area contributed by atoms with Crippen molar-refractivity contribution in [1.29, 1.82) is 0 Å². The third-order valence-electron chi connectivity index (χ3n) is 3.93. The molecule has 26 heavy (non-hydrogen) atoms. The lowest BCUT2D eigenvalue weighted by Gasteiger charge is -2.16. The van der Waals surface area contributed by atoms with E-state index in [1.165, 1.54) is 12.1 Å². The largest absolute Gasteiger partial charge is 0.395 e. The summed E-state index contributed by atoms with van der Waals surface area (Å²) in [7, 11) is -3.73. The molecule has 1 atom stereocenters. The van der Waals surface area contributed by atoms with Crippen molar-refractivity contribution in [3.05, 3.63) is 65.7 Å². The smallest absolute Gasteiger partial charge is 0.240 e. The van der Waals surface area contributed by atoms with Crippen LogP contribution in [-0.4, -0.2) is 32.1 Å². The van der Waals surface area contributed by atoms with Gasteiger partial charge in [-0.25, -0.2) is 13.1 Å². The van der Waals surface area contributed by atoms with E-state index in [0.717, 1.165) is 11.1 Å². The van der Waals surface area contributed by atoms with Crippen LogP contribution in [0.3, 0.4) is 0 Å². The van der Waals surface area contributed by atoms with Gasteiger partial charge in [-0.1, -0.05) is 48.0 Å². The summed E-state index contributed by atoms with van der Waals surface area (Å²) in [6.45, 7) is 1.91. The molecule has 0 radical (unpaired) electrons. The number of amides is 1. The van der Waals surface area contributed by atoms with E-state index in [9.17, 15) is 18.3 Å². The summed E-state index contributed by atoms with van der Waals surface area (Å²) in [5, 5.41) is 12.2. The molecular formula is C19H24N2O4S. The standard InChI is InChI=1S/C19H24N2O4S/c1-15-7-10-18(11-8-15)26(24,25)21-17(14-22)9-12-19(23)20-13-16-5-3-2-4-6-16/h2-8,10-11,17,21-22H,9,12-14H2,1H3,(H,20,23)/t17-/m0/s1. The van der Waals surface area contributed by atoms with Crippen LogP contribution >= 0.6 is 0 Å². The number of carbonyl (C=O) groups excluding carboxylic acids is 1. The van der Waals surface area contributed by atoms with Crippen LogP contribution in [-0.2, 0) is 21.4 Å². The van der Waals surface area contributed by atoms with Crippen molar-refractivity contribution in [2.24, 2.45) is 0 Å². The minimum absolute atomic E-state index is 0.120. The number of aliphatic hydroxyl groups excluding tert-OH is 1. The predicted octanol–water partition coefficient (Wildman–Crippen LogP) is 1.73. The number of hydrogen-bond acceptors (Lipinski definition) is 4. The van der Waals surface area contributed by atoms with Gasteiger partial charge in [0.15, 0.2) is 0 Å². The molecule has 0 unspecified atom stereocenters. The highest BCUT2D eigenvalue weighted by Gasteiger charge is 2.20. The van der Waals surface area contributed by atoms with Gasteiger partial charge in [0.25, 0.3) is 0 Å². The molecule has 140 valence electrons. The normalized spacial score (nSPS) is 12.5. The van der Waals surface area contributed by atoms with Crippen LogP contribution in [0.15, 0.2) is 59.5 Å². The van der Waals surface area contributed by atoms with Crippen molar-refractivity contribution in [3.63, 3.8) is 0 Å². The summed E-state index contributed by atoms with van der Waals surface area (Å²) in [6.07, 6.45) is 0.330. The topological polar surface area (TPSA) is 95.5 Å². The molecule has 1 amide bonds. The summed E-state index contributed by atoms with van der Waals surface area (Å²) in [4.78, 5) is 12.1. The van der Waals surface area contributed by atoms with Gasteiger partial charge in [0.2, 0.25) is 15.9 Å². The molecule has 0 aliphatic rings. The molecule has 7 heteroatoms. The molecule has 0 spiro atoms. The molecule has 0 saturated heterocycles. The Bertz CT molecular complexity index is 805.